The number of hydrogen-bond acceptors (Lipinski definition) is 6. The predicted octanol–water partition coefficient (Wildman–Crippen LogP) is 1.84. The molecule has 7 nitrogen and oxygen atoms in total. The molecule has 7 heteroatoms. The molecule has 1 aromatic rings. The molecule has 0 aliphatic carbocycles. The van der Waals surface area contributed by atoms with Gasteiger partial charge in [-0.15, -0.1) is 0 Å². The van der Waals surface area contributed by atoms with Gasteiger partial charge in [-0.25, -0.2) is 0 Å². The average molecular weight is 378 g/mol. The third-order valence-electron chi connectivity index (χ3n) is 5.40. The Morgan fingerprint density at radius 1 is 1.30 bits per heavy atom. The van der Waals surface area contributed by atoms with Crippen LogP contribution in [0.2, 0.25) is 0 Å². The van der Waals surface area contributed by atoms with Gasteiger partial charge < -0.3 is 19.3 Å². The number of ether oxygens (including phenoxy) is 3. The van der Waals surface area contributed by atoms with Gasteiger partial charge in [0.25, 0.3) is 0 Å². The third kappa shape index (κ3) is 4.20. The van der Waals surface area contributed by atoms with E-state index >= 15 is 0 Å². The van der Waals surface area contributed by atoms with E-state index in [9.17, 15) is 9.90 Å². The Labute approximate surface area is 160 Å². The van der Waals surface area contributed by atoms with Crippen LogP contribution in [0.3, 0.4) is 0 Å². The summed E-state index contributed by atoms with van der Waals surface area (Å²) in [6, 6.07) is 5.96. The highest BCUT2D eigenvalue weighted by Gasteiger charge is 2.48. The van der Waals surface area contributed by atoms with E-state index in [1.807, 2.05) is 26.0 Å². The maximum absolute atomic E-state index is 11.8. The molecule has 0 saturated carbocycles. The van der Waals surface area contributed by atoms with Crippen LogP contribution in [0.25, 0.3) is 0 Å². The lowest BCUT2D eigenvalue weighted by Gasteiger charge is -2.42. The third-order valence-corrected chi connectivity index (χ3v) is 5.40. The number of carboxylic acid groups (broad SMARTS) is 1. The number of carboxylic acids is 1. The van der Waals surface area contributed by atoms with Crippen molar-refractivity contribution in [3.8, 4) is 11.5 Å². The van der Waals surface area contributed by atoms with Crippen molar-refractivity contribution < 1.29 is 24.1 Å². The van der Waals surface area contributed by atoms with E-state index < -0.39 is 11.5 Å². The molecule has 0 aromatic heterocycles. The summed E-state index contributed by atoms with van der Waals surface area (Å²) in [6.45, 7) is 8.63. The number of methoxy groups -OCH3 is 1. The monoisotopic (exact) mass is 378 g/mol. The van der Waals surface area contributed by atoms with Crippen LogP contribution in [0, 0.1) is 0 Å². The zero-order chi connectivity index (χ0) is 19.4. The summed E-state index contributed by atoms with van der Waals surface area (Å²) < 4.78 is 16.9. The van der Waals surface area contributed by atoms with Crippen LogP contribution in [-0.2, 0) is 16.1 Å². The molecule has 0 amide bonds. The van der Waals surface area contributed by atoms with E-state index in [2.05, 4.69) is 15.9 Å². The number of aliphatic carboxylic acids is 1. The number of rotatable bonds is 7. The van der Waals surface area contributed by atoms with Crippen molar-refractivity contribution in [1.29, 1.82) is 0 Å². The lowest BCUT2D eigenvalue weighted by atomic mass is 9.95. The molecule has 2 aliphatic rings. The number of para-hydroxylation sites is 1. The zero-order valence-corrected chi connectivity index (χ0v) is 16.4. The summed E-state index contributed by atoms with van der Waals surface area (Å²) in [7, 11) is 1.65. The van der Waals surface area contributed by atoms with E-state index in [-0.39, 0.29) is 12.7 Å². The van der Waals surface area contributed by atoms with Crippen molar-refractivity contribution in [3.63, 3.8) is 0 Å². The molecule has 27 heavy (non-hydrogen) atoms. The summed E-state index contributed by atoms with van der Waals surface area (Å²) in [4.78, 5) is 16.3. The van der Waals surface area contributed by atoms with Crippen molar-refractivity contribution in [2.45, 2.75) is 38.5 Å². The highest BCUT2D eigenvalue weighted by molar-refractivity contribution is 5.79. The Balaban J connectivity index is 1.67. The van der Waals surface area contributed by atoms with Crippen molar-refractivity contribution in [2.75, 3.05) is 46.5 Å². The molecule has 1 atom stereocenters. The molecular weight excluding hydrogens is 348 g/mol. The fourth-order valence-corrected chi connectivity index (χ4v) is 3.90. The summed E-state index contributed by atoms with van der Waals surface area (Å²) >= 11 is 0. The molecule has 0 spiro atoms. The Hall–Kier alpha value is -1.83. The second-order valence-electron chi connectivity index (χ2n) is 7.52. The molecule has 1 unspecified atom stereocenters. The fourth-order valence-electron chi connectivity index (χ4n) is 3.90. The molecule has 150 valence electrons. The molecule has 1 aromatic carbocycles. The number of benzene rings is 1. The Kier molecular flexibility index (Phi) is 6.24. The van der Waals surface area contributed by atoms with Gasteiger partial charge in [0.1, 0.15) is 5.54 Å². The number of piperazine rings is 1. The lowest BCUT2D eigenvalue weighted by Crippen LogP contribution is -2.61. The molecule has 3 rings (SSSR count). The van der Waals surface area contributed by atoms with E-state index in [0.29, 0.717) is 13.0 Å². The van der Waals surface area contributed by atoms with Crippen LogP contribution in [0.1, 0.15) is 25.8 Å². The molecule has 2 aliphatic heterocycles. The van der Waals surface area contributed by atoms with Gasteiger partial charge >= 0.3 is 5.97 Å². The van der Waals surface area contributed by atoms with Gasteiger partial charge in [0.05, 0.1) is 19.8 Å². The second kappa shape index (κ2) is 8.46. The fraction of sp³-hybridized carbons (Fsp3) is 0.650. The Morgan fingerprint density at radius 2 is 2.04 bits per heavy atom. The van der Waals surface area contributed by atoms with Gasteiger partial charge in [0.15, 0.2) is 11.5 Å². The minimum Gasteiger partial charge on any atom is -0.493 e. The molecule has 0 radical (unpaired) electrons. The Morgan fingerprint density at radius 3 is 2.59 bits per heavy atom. The van der Waals surface area contributed by atoms with Crippen LogP contribution in [0.4, 0.5) is 0 Å². The first-order valence-corrected chi connectivity index (χ1v) is 9.57. The van der Waals surface area contributed by atoms with E-state index in [1.165, 1.54) is 0 Å². The highest BCUT2D eigenvalue weighted by Crippen LogP contribution is 2.33. The van der Waals surface area contributed by atoms with Crippen molar-refractivity contribution >= 4 is 5.97 Å². The first-order valence-electron chi connectivity index (χ1n) is 9.57. The summed E-state index contributed by atoms with van der Waals surface area (Å²) in [5, 5.41) is 9.73. The van der Waals surface area contributed by atoms with Gasteiger partial charge in [-0.3, -0.25) is 14.6 Å². The van der Waals surface area contributed by atoms with Crippen LogP contribution in [0.5, 0.6) is 11.5 Å². The van der Waals surface area contributed by atoms with Crippen molar-refractivity contribution in [1.82, 2.24) is 9.80 Å². The number of hydrogen-bond donors (Lipinski definition) is 1. The van der Waals surface area contributed by atoms with Crippen LogP contribution in [0.15, 0.2) is 18.2 Å². The second-order valence-corrected chi connectivity index (χ2v) is 7.52. The smallest absolute Gasteiger partial charge is 0.326 e. The predicted molar refractivity (Wildman–Crippen MR) is 101 cm³/mol. The number of carbonyl (C=O) groups is 1. The summed E-state index contributed by atoms with van der Waals surface area (Å²) in [5.74, 6) is 0.769. The summed E-state index contributed by atoms with van der Waals surface area (Å²) in [6.07, 6.45) is 0.625. The van der Waals surface area contributed by atoms with Crippen LogP contribution in [-0.4, -0.2) is 79.0 Å². The van der Waals surface area contributed by atoms with E-state index in [0.717, 1.165) is 49.8 Å². The average Bonchev–Trinajstić information content (AvgIpc) is 3.14. The molecule has 2 saturated heterocycles. The zero-order valence-electron chi connectivity index (χ0n) is 16.4. The SMILES string of the molecule is COc1cccc(CN2CCN(C3(C(=O)O)CCOC3)CC2)c1OC(C)C. The normalized spacial score (nSPS) is 24.3. The summed E-state index contributed by atoms with van der Waals surface area (Å²) in [5.41, 5.74) is 0.238. The number of nitrogens with zero attached hydrogens (tertiary/aromatic N) is 2. The Bertz CT molecular complexity index is 650. The van der Waals surface area contributed by atoms with Gasteiger partial charge in [0, 0.05) is 51.3 Å². The van der Waals surface area contributed by atoms with Gasteiger partial charge in [0.2, 0.25) is 0 Å². The van der Waals surface area contributed by atoms with E-state index in [4.69, 9.17) is 14.2 Å². The topological polar surface area (TPSA) is 71.5 Å². The quantitative estimate of drug-likeness (QED) is 0.776. The van der Waals surface area contributed by atoms with Crippen LogP contribution < -0.4 is 9.47 Å². The largest absolute Gasteiger partial charge is 0.493 e. The minimum absolute atomic E-state index is 0.0645. The maximum Gasteiger partial charge on any atom is 0.326 e. The molecule has 1 N–H and O–H groups in total. The molecular formula is C20H30N2O5. The maximum atomic E-state index is 11.8. The first-order chi connectivity index (χ1) is 13.0. The van der Waals surface area contributed by atoms with Crippen molar-refractivity contribution in [2.24, 2.45) is 0 Å². The van der Waals surface area contributed by atoms with E-state index in [1.54, 1.807) is 7.11 Å². The van der Waals surface area contributed by atoms with Gasteiger partial charge in [-0.1, -0.05) is 12.1 Å². The highest BCUT2D eigenvalue weighted by atomic mass is 16.5. The van der Waals surface area contributed by atoms with Crippen molar-refractivity contribution in [3.05, 3.63) is 23.8 Å². The molecule has 0 bridgehead atoms. The first kappa shape index (κ1) is 19.9. The van der Waals surface area contributed by atoms with Crippen LogP contribution >= 0.6 is 0 Å². The standard InChI is InChI=1S/C20H30N2O5/c1-15(2)27-18-16(5-4-6-17(18)25-3)13-21-8-10-22(11-9-21)20(19(23)24)7-12-26-14-20/h4-6,15H,7-14H2,1-3H3,(H,23,24). The minimum atomic E-state index is -0.853. The molecule has 2 fully saturated rings. The van der Waals surface area contributed by atoms with Gasteiger partial charge in [-0.05, 0) is 19.9 Å². The lowest BCUT2D eigenvalue weighted by molar-refractivity contribution is -0.153. The molecule has 2 heterocycles. The van der Waals surface area contributed by atoms with Gasteiger partial charge in [-0.2, -0.15) is 0 Å².